The average Bonchev–Trinajstić information content (AvgIpc) is 3.16. The second kappa shape index (κ2) is 5.94. The Balaban J connectivity index is 1.55. The lowest BCUT2D eigenvalue weighted by Gasteiger charge is -2.16. The van der Waals surface area contributed by atoms with Crippen molar-refractivity contribution in [2.75, 3.05) is 13.1 Å². The van der Waals surface area contributed by atoms with Crippen molar-refractivity contribution >= 4 is 5.91 Å². The van der Waals surface area contributed by atoms with Crippen molar-refractivity contribution in [2.45, 2.75) is 39.2 Å². The van der Waals surface area contributed by atoms with Gasteiger partial charge in [-0.05, 0) is 26.3 Å². The summed E-state index contributed by atoms with van der Waals surface area (Å²) in [5.74, 6) is 1.66. The molecule has 0 aromatic carbocycles. The van der Waals surface area contributed by atoms with Crippen LogP contribution >= 0.6 is 0 Å². The molecule has 6 nitrogen and oxygen atoms in total. The van der Waals surface area contributed by atoms with Gasteiger partial charge in [-0.3, -0.25) is 9.48 Å². The van der Waals surface area contributed by atoms with Gasteiger partial charge in [-0.25, -0.2) is 4.98 Å². The van der Waals surface area contributed by atoms with Crippen LogP contribution in [-0.4, -0.2) is 43.2 Å². The van der Waals surface area contributed by atoms with Crippen LogP contribution in [0, 0.1) is 13.8 Å². The van der Waals surface area contributed by atoms with E-state index < -0.39 is 0 Å². The van der Waals surface area contributed by atoms with Crippen molar-refractivity contribution in [2.24, 2.45) is 7.05 Å². The lowest BCUT2D eigenvalue weighted by molar-refractivity contribution is -0.130. The normalized spacial score (nSPS) is 18.1. The van der Waals surface area contributed by atoms with Crippen molar-refractivity contribution in [1.29, 1.82) is 0 Å². The topological polar surface area (TPSA) is 56.0 Å². The first kappa shape index (κ1) is 14.8. The van der Waals surface area contributed by atoms with Crippen molar-refractivity contribution in [3.63, 3.8) is 0 Å². The fourth-order valence-corrected chi connectivity index (χ4v) is 3.17. The van der Waals surface area contributed by atoms with E-state index in [2.05, 4.69) is 14.6 Å². The molecule has 1 fully saturated rings. The zero-order chi connectivity index (χ0) is 15.7. The predicted octanol–water partition coefficient (Wildman–Crippen LogP) is 1.64. The lowest BCUT2D eigenvalue weighted by Crippen LogP contribution is -2.29. The molecule has 1 atom stereocenters. The van der Waals surface area contributed by atoms with Crippen molar-refractivity contribution < 1.29 is 4.79 Å². The first-order valence-electron chi connectivity index (χ1n) is 7.80. The van der Waals surface area contributed by atoms with Crippen LogP contribution in [-0.2, 0) is 18.4 Å². The zero-order valence-corrected chi connectivity index (χ0v) is 13.5. The number of rotatable bonds is 4. The van der Waals surface area contributed by atoms with Gasteiger partial charge in [-0.15, -0.1) is 0 Å². The fourth-order valence-electron chi connectivity index (χ4n) is 3.17. The molecule has 22 heavy (non-hydrogen) atoms. The van der Waals surface area contributed by atoms with Crippen LogP contribution in [0.2, 0.25) is 0 Å². The molecule has 0 aliphatic carbocycles. The smallest absolute Gasteiger partial charge is 0.224 e. The minimum absolute atomic E-state index is 0.210. The highest BCUT2D eigenvalue weighted by molar-refractivity contribution is 5.76. The Kier molecular flexibility index (Phi) is 4.00. The molecule has 0 N–H and O–H groups in total. The Labute approximate surface area is 130 Å². The van der Waals surface area contributed by atoms with Gasteiger partial charge in [0.2, 0.25) is 5.91 Å². The standard InChI is InChI=1S/C16H23N5O/c1-12-4-8-21(18-12)9-6-15(22)20-7-5-14(11-20)16-17-13(2)10-19(16)3/h4,8,10,14H,5-7,9,11H2,1-3H3/t14-/m1/s1. The molecule has 1 saturated heterocycles. The molecule has 3 heterocycles. The summed E-state index contributed by atoms with van der Waals surface area (Å²) < 4.78 is 3.92. The maximum Gasteiger partial charge on any atom is 0.224 e. The molecule has 0 saturated carbocycles. The van der Waals surface area contributed by atoms with Crippen LogP contribution < -0.4 is 0 Å². The number of nitrogens with zero attached hydrogens (tertiary/aromatic N) is 5. The minimum Gasteiger partial charge on any atom is -0.342 e. The molecule has 0 spiro atoms. The van der Waals surface area contributed by atoms with E-state index in [1.54, 1.807) is 0 Å². The Morgan fingerprint density at radius 1 is 1.36 bits per heavy atom. The van der Waals surface area contributed by atoms with Crippen molar-refractivity contribution in [3.8, 4) is 0 Å². The molecule has 2 aromatic heterocycles. The molecule has 118 valence electrons. The maximum atomic E-state index is 12.4. The van der Waals surface area contributed by atoms with Crippen molar-refractivity contribution in [1.82, 2.24) is 24.2 Å². The number of carbonyl (C=O) groups excluding carboxylic acids is 1. The van der Waals surface area contributed by atoms with Gasteiger partial charge in [0.15, 0.2) is 0 Å². The van der Waals surface area contributed by atoms with E-state index in [1.807, 2.05) is 48.9 Å². The molecule has 1 amide bonds. The highest BCUT2D eigenvalue weighted by atomic mass is 16.2. The first-order valence-corrected chi connectivity index (χ1v) is 7.80. The van der Waals surface area contributed by atoms with Crippen LogP contribution in [0.5, 0.6) is 0 Å². The fraction of sp³-hybridized carbons (Fsp3) is 0.562. The first-order chi connectivity index (χ1) is 10.5. The van der Waals surface area contributed by atoms with Gasteiger partial charge in [0.05, 0.1) is 11.4 Å². The number of carbonyl (C=O) groups is 1. The molecule has 0 bridgehead atoms. The largest absolute Gasteiger partial charge is 0.342 e. The summed E-state index contributed by atoms with van der Waals surface area (Å²) in [6.07, 6.45) is 5.47. The second-order valence-electron chi connectivity index (χ2n) is 6.15. The van der Waals surface area contributed by atoms with Crippen LogP contribution in [0.4, 0.5) is 0 Å². The third-order valence-corrected chi connectivity index (χ3v) is 4.27. The monoisotopic (exact) mass is 301 g/mol. The van der Waals surface area contributed by atoms with Crippen LogP contribution in [0.1, 0.15) is 36.0 Å². The molecule has 1 aliphatic heterocycles. The molecular weight excluding hydrogens is 278 g/mol. The number of hydrogen-bond donors (Lipinski definition) is 0. The summed E-state index contributed by atoms with van der Waals surface area (Å²) in [6.45, 7) is 6.22. The number of aryl methyl sites for hydroxylation is 4. The van der Waals surface area contributed by atoms with Gasteiger partial charge in [0.1, 0.15) is 5.82 Å². The molecule has 0 unspecified atom stereocenters. The predicted molar refractivity (Wildman–Crippen MR) is 83.5 cm³/mol. The van der Waals surface area contributed by atoms with Crippen LogP contribution in [0.15, 0.2) is 18.5 Å². The number of amides is 1. The second-order valence-corrected chi connectivity index (χ2v) is 6.15. The van der Waals surface area contributed by atoms with E-state index in [9.17, 15) is 4.79 Å². The summed E-state index contributed by atoms with van der Waals surface area (Å²) in [5, 5.41) is 4.32. The van der Waals surface area contributed by atoms with E-state index >= 15 is 0 Å². The quantitative estimate of drug-likeness (QED) is 0.862. The molecule has 0 radical (unpaired) electrons. The van der Waals surface area contributed by atoms with Gasteiger partial charge in [-0.2, -0.15) is 5.10 Å². The lowest BCUT2D eigenvalue weighted by atomic mass is 10.1. The zero-order valence-electron chi connectivity index (χ0n) is 13.5. The summed E-state index contributed by atoms with van der Waals surface area (Å²) in [4.78, 5) is 18.9. The summed E-state index contributed by atoms with van der Waals surface area (Å²) in [6, 6.07) is 1.96. The van der Waals surface area contributed by atoms with Gasteiger partial charge in [0.25, 0.3) is 0 Å². The summed E-state index contributed by atoms with van der Waals surface area (Å²) >= 11 is 0. The van der Waals surface area contributed by atoms with E-state index in [-0.39, 0.29) is 5.91 Å². The average molecular weight is 301 g/mol. The van der Waals surface area contributed by atoms with Crippen LogP contribution in [0.3, 0.4) is 0 Å². The molecule has 6 heteroatoms. The number of likely N-dealkylation sites (tertiary alicyclic amines) is 1. The highest BCUT2D eigenvalue weighted by Gasteiger charge is 2.29. The maximum absolute atomic E-state index is 12.4. The Bertz CT molecular complexity index is 672. The van der Waals surface area contributed by atoms with Gasteiger partial charge >= 0.3 is 0 Å². The highest BCUT2D eigenvalue weighted by Crippen LogP contribution is 2.26. The SMILES string of the molecule is Cc1cn(C)c([C@@H]2CCN(C(=O)CCn3ccc(C)n3)C2)n1. The Morgan fingerprint density at radius 3 is 2.82 bits per heavy atom. The Morgan fingerprint density at radius 2 is 2.18 bits per heavy atom. The summed E-state index contributed by atoms with van der Waals surface area (Å²) in [7, 11) is 2.03. The van der Waals surface area contributed by atoms with Gasteiger partial charge in [-0.1, -0.05) is 0 Å². The van der Waals surface area contributed by atoms with Gasteiger partial charge in [0, 0.05) is 51.4 Å². The molecule has 3 rings (SSSR count). The third-order valence-electron chi connectivity index (χ3n) is 4.27. The minimum atomic E-state index is 0.210. The van der Waals surface area contributed by atoms with E-state index in [4.69, 9.17) is 0 Å². The number of hydrogen-bond acceptors (Lipinski definition) is 3. The third kappa shape index (κ3) is 3.05. The van der Waals surface area contributed by atoms with Crippen LogP contribution in [0.25, 0.3) is 0 Å². The van der Waals surface area contributed by atoms with E-state index in [0.29, 0.717) is 18.9 Å². The Hall–Kier alpha value is -2.11. The van der Waals surface area contributed by atoms with Crippen molar-refractivity contribution in [3.05, 3.63) is 35.7 Å². The number of aromatic nitrogens is 4. The number of imidazole rings is 1. The molecular formula is C16H23N5O. The summed E-state index contributed by atoms with van der Waals surface area (Å²) in [5.41, 5.74) is 2.02. The van der Waals surface area contributed by atoms with E-state index in [0.717, 1.165) is 36.7 Å². The molecule has 2 aromatic rings. The van der Waals surface area contributed by atoms with E-state index in [1.165, 1.54) is 0 Å². The molecule has 1 aliphatic rings. The van der Waals surface area contributed by atoms with Gasteiger partial charge < -0.3 is 9.47 Å².